The number of amides is 2. The lowest BCUT2D eigenvalue weighted by Crippen LogP contribution is -2.45. The van der Waals surface area contributed by atoms with Crippen molar-refractivity contribution in [2.45, 2.75) is 76.3 Å². The molecule has 2 atom stereocenters. The highest BCUT2D eigenvalue weighted by atomic mass is 16.5. The maximum absolute atomic E-state index is 12.9. The van der Waals surface area contributed by atoms with Gasteiger partial charge in [0.05, 0.1) is 6.04 Å². The van der Waals surface area contributed by atoms with Crippen LogP contribution in [0, 0.1) is 0 Å². The Labute approximate surface area is 147 Å². The Morgan fingerprint density at radius 1 is 1.08 bits per heavy atom. The number of hydrogen-bond acceptors (Lipinski definition) is 5. The first-order chi connectivity index (χ1) is 12.1. The maximum Gasteiger partial charge on any atom is 0.229 e. The third-order valence-corrected chi connectivity index (χ3v) is 5.70. The van der Waals surface area contributed by atoms with Crippen LogP contribution in [0.4, 0.5) is 0 Å². The van der Waals surface area contributed by atoms with E-state index in [0.29, 0.717) is 18.2 Å². The molecular weight excluding hydrogens is 320 g/mol. The van der Waals surface area contributed by atoms with Gasteiger partial charge in [-0.2, -0.15) is 4.98 Å². The molecule has 0 radical (unpaired) electrons. The second-order valence-electron chi connectivity index (χ2n) is 7.58. The number of carbonyl (C=O) groups is 2. The van der Waals surface area contributed by atoms with Gasteiger partial charge in [0, 0.05) is 38.4 Å². The quantitative estimate of drug-likeness (QED) is 0.836. The molecule has 1 aromatic heterocycles. The Morgan fingerprint density at radius 2 is 1.88 bits per heavy atom. The van der Waals surface area contributed by atoms with Crippen molar-refractivity contribution in [3.63, 3.8) is 0 Å². The van der Waals surface area contributed by atoms with Crippen molar-refractivity contribution in [3.05, 3.63) is 11.7 Å². The molecule has 2 aliphatic heterocycles. The third-order valence-electron chi connectivity index (χ3n) is 5.70. The van der Waals surface area contributed by atoms with E-state index in [1.165, 1.54) is 0 Å². The monoisotopic (exact) mass is 346 g/mol. The fourth-order valence-corrected chi connectivity index (χ4v) is 4.16. The van der Waals surface area contributed by atoms with Crippen LogP contribution >= 0.6 is 0 Å². The van der Waals surface area contributed by atoms with Gasteiger partial charge in [-0.3, -0.25) is 9.59 Å². The average Bonchev–Trinajstić information content (AvgIpc) is 3.13. The van der Waals surface area contributed by atoms with Gasteiger partial charge in [-0.25, -0.2) is 0 Å². The van der Waals surface area contributed by atoms with Gasteiger partial charge in [0.2, 0.25) is 17.7 Å². The summed E-state index contributed by atoms with van der Waals surface area (Å²) in [6.45, 7) is 3.11. The summed E-state index contributed by atoms with van der Waals surface area (Å²) >= 11 is 0. The van der Waals surface area contributed by atoms with E-state index in [9.17, 15) is 9.59 Å². The topological polar surface area (TPSA) is 79.5 Å². The highest BCUT2D eigenvalue weighted by molar-refractivity contribution is 5.79. The largest absolute Gasteiger partial charge is 0.339 e. The number of hydrogen-bond donors (Lipinski definition) is 0. The Morgan fingerprint density at radius 3 is 2.64 bits per heavy atom. The fraction of sp³-hybridized carbons (Fsp3) is 0.778. The van der Waals surface area contributed by atoms with Crippen LogP contribution < -0.4 is 0 Å². The van der Waals surface area contributed by atoms with Crippen LogP contribution in [-0.4, -0.2) is 50.9 Å². The predicted molar refractivity (Wildman–Crippen MR) is 89.6 cm³/mol. The van der Waals surface area contributed by atoms with E-state index in [1.54, 1.807) is 6.92 Å². The van der Waals surface area contributed by atoms with E-state index in [0.717, 1.165) is 63.9 Å². The average molecular weight is 346 g/mol. The van der Waals surface area contributed by atoms with E-state index >= 15 is 0 Å². The van der Waals surface area contributed by atoms with Gasteiger partial charge in [-0.15, -0.1) is 0 Å². The van der Waals surface area contributed by atoms with Gasteiger partial charge in [0.15, 0.2) is 5.82 Å². The molecule has 2 amide bonds. The molecule has 0 spiro atoms. The minimum atomic E-state index is -0.0712. The Bertz CT molecular complexity index is 655. The van der Waals surface area contributed by atoms with Gasteiger partial charge in [0.25, 0.3) is 0 Å². The lowest BCUT2D eigenvalue weighted by Gasteiger charge is -2.36. The van der Waals surface area contributed by atoms with Gasteiger partial charge < -0.3 is 14.3 Å². The van der Waals surface area contributed by atoms with Crippen molar-refractivity contribution in [2.24, 2.45) is 0 Å². The molecule has 1 aliphatic carbocycles. The Hall–Kier alpha value is -1.92. The number of rotatable bonds is 4. The zero-order chi connectivity index (χ0) is 17.4. The maximum atomic E-state index is 12.9. The number of nitrogens with zero attached hydrogens (tertiary/aromatic N) is 4. The van der Waals surface area contributed by atoms with Crippen molar-refractivity contribution in [2.75, 3.05) is 13.1 Å². The number of aromatic nitrogens is 2. The number of likely N-dealkylation sites (tertiary alicyclic amines) is 2. The van der Waals surface area contributed by atoms with Crippen LogP contribution in [0.3, 0.4) is 0 Å². The summed E-state index contributed by atoms with van der Waals surface area (Å²) in [4.78, 5) is 33.1. The van der Waals surface area contributed by atoms with Crippen LogP contribution in [-0.2, 0) is 9.59 Å². The van der Waals surface area contributed by atoms with Crippen molar-refractivity contribution >= 4 is 11.8 Å². The molecule has 4 rings (SSSR count). The molecule has 25 heavy (non-hydrogen) atoms. The second kappa shape index (κ2) is 6.77. The molecule has 7 heteroatoms. The second-order valence-corrected chi connectivity index (χ2v) is 7.58. The summed E-state index contributed by atoms with van der Waals surface area (Å²) in [6.07, 6.45) is 7.53. The van der Waals surface area contributed by atoms with Crippen molar-refractivity contribution < 1.29 is 14.1 Å². The molecule has 7 nitrogen and oxygen atoms in total. The summed E-state index contributed by atoms with van der Waals surface area (Å²) in [5.41, 5.74) is 0. The standard InChI is InChI=1S/C18H26N4O3/c1-12(23)21-9-3-2-5-14(21)11-16(24)22-10-4-6-15(22)17-19-18(25-20-17)13-7-8-13/h13-15H,2-11H2,1H3/t14-,15-/m0/s1. The normalized spacial score (nSPS) is 26.9. The number of carbonyl (C=O) groups excluding carboxylic acids is 2. The highest BCUT2D eigenvalue weighted by Gasteiger charge is 2.37. The van der Waals surface area contributed by atoms with Gasteiger partial charge in [0.1, 0.15) is 0 Å². The van der Waals surface area contributed by atoms with Gasteiger partial charge >= 0.3 is 0 Å². The van der Waals surface area contributed by atoms with Crippen molar-refractivity contribution in [1.29, 1.82) is 0 Å². The zero-order valence-corrected chi connectivity index (χ0v) is 14.8. The van der Waals surface area contributed by atoms with Crippen LogP contribution in [0.5, 0.6) is 0 Å². The number of piperidine rings is 1. The van der Waals surface area contributed by atoms with Crippen molar-refractivity contribution in [3.8, 4) is 0 Å². The molecule has 2 saturated heterocycles. The molecule has 3 fully saturated rings. The SMILES string of the molecule is CC(=O)N1CCCC[C@H]1CC(=O)N1CCC[C@H]1c1noc(C2CC2)n1. The van der Waals surface area contributed by atoms with Crippen LogP contribution in [0.15, 0.2) is 4.52 Å². The molecule has 3 heterocycles. The molecule has 1 aromatic rings. The van der Waals surface area contributed by atoms with E-state index in [2.05, 4.69) is 10.1 Å². The summed E-state index contributed by atoms with van der Waals surface area (Å²) < 4.78 is 5.38. The molecule has 0 unspecified atom stereocenters. The minimum absolute atomic E-state index is 0.0345. The van der Waals surface area contributed by atoms with E-state index in [4.69, 9.17) is 4.52 Å². The fourth-order valence-electron chi connectivity index (χ4n) is 4.16. The lowest BCUT2D eigenvalue weighted by atomic mass is 9.98. The third kappa shape index (κ3) is 3.41. The first-order valence-electron chi connectivity index (χ1n) is 9.53. The smallest absolute Gasteiger partial charge is 0.229 e. The summed E-state index contributed by atoms with van der Waals surface area (Å²) in [7, 11) is 0. The summed E-state index contributed by atoms with van der Waals surface area (Å²) in [6, 6.07) is -0.0367. The van der Waals surface area contributed by atoms with E-state index < -0.39 is 0 Å². The first kappa shape index (κ1) is 16.5. The Balaban J connectivity index is 1.43. The zero-order valence-electron chi connectivity index (χ0n) is 14.8. The summed E-state index contributed by atoms with van der Waals surface area (Å²) in [5, 5.41) is 4.14. The molecule has 0 aromatic carbocycles. The first-order valence-corrected chi connectivity index (χ1v) is 9.53. The molecule has 1 saturated carbocycles. The molecule has 3 aliphatic rings. The summed E-state index contributed by atoms with van der Waals surface area (Å²) in [5.74, 6) is 1.99. The van der Waals surface area contributed by atoms with Crippen LogP contribution in [0.1, 0.15) is 82.0 Å². The minimum Gasteiger partial charge on any atom is -0.339 e. The van der Waals surface area contributed by atoms with Crippen molar-refractivity contribution in [1.82, 2.24) is 19.9 Å². The van der Waals surface area contributed by atoms with Crippen LogP contribution in [0.2, 0.25) is 0 Å². The van der Waals surface area contributed by atoms with E-state index in [1.807, 2.05) is 9.80 Å². The molecule has 0 bridgehead atoms. The Kier molecular flexibility index (Phi) is 4.48. The molecule has 0 N–H and O–H groups in total. The predicted octanol–water partition coefficient (Wildman–Crippen LogP) is 2.40. The van der Waals surface area contributed by atoms with Crippen LogP contribution in [0.25, 0.3) is 0 Å². The van der Waals surface area contributed by atoms with Gasteiger partial charge in [-0.05, 0) is 44.9 Å². The molecule has 136 valence electrons. The highest BCUT2D eigenvalue weighted by Crippen LogP contribution is 2.40. The molecular formula is C18H26N4O3. The van der Waals surface area contributed by atoms with E-state index in [-0.39, 0.29) is 23.9 Å². The lowest BCUT2D eigenvalue weighted by molar-refractivity contribution is -0.137. The van der Waals surface area contributed by atoms with Gasteiger partial charge in [-0.1, -0.05) is 5.16 Å².